The molecule has 0 bridgehead atoms. The third kappa shape index (κ3) is 4.07. The van der Waals surface area contributed by atoms with Gasteiger partial charge in [-0.25, -0.2) is 9.78 Å². The average Bonchev–Trinajstić information content (AvgIpc) is 2.77. The molecule has 0 spiro atoms. The van der Waals surface area contributed by atoms with E-state index in [-0.39, 0.29) is 0 Å². The van der Waals surface area contributed by atoms with Gasteiger partial charge in [-0.15, -0.1) is 11.3 Å². The minimum atomic E-state index is -0.854. The Morgan fingerprint density at radius 1 is 1.39 bits per heavy atom. The molecule has 0 saturated carbocycles. The van der Waals surface area contributed by atoms with Crippen LogP contribution in [0, 0.1) is 0 Å². The van der Waals surface area contributed by atoms with Crippen LogP contribution in [0.25, 0.3) is 0 Å². The first kappa shape index (κ1) is 15.1. The second kappa shape index (κ2) is 7.48. The Hall–Kier alpha value is -0.940. The number of rotatable bonds is 8. The maximum Gasteiger partial charge on any atom is 0.347 e. The topological polar surface area (TPSA) is 53.4 Å². The predicted octanol–water partition coefficient (Wildman–Crippen LogP) is 3.03. The molecule has 0 aliphatic carbocycles. The number of carbonyl (C=O) groups is 1. The van der Waals surface area contributed by atoms with Crippen molar-refractivity contribution in [3.8, 4) is 0 Å². The van der Waals surface area contributed by atoms with Crippen LogP contribution in [0.15, 0.2) is 0 Å². The number of aromatic nitrogens is 1. The molecule has 0 saturated heterocycles. The highest BCUT2D eigenvalue weighted by Crippen LogP contribution is 2.20. The van der Waals surface area contributed by atoms with E-state index in [9.17, 15) is 4.79 Å². The van der Waals surface area contributed by atoms with Gasteiger partial charge in [-0.05, 0) is 25.9 Å². The van der Waals surface area contributed by atoms with Crippen molar-refractivity contribution >= 4 is 17.3 Å². The van der Waals surface area contributed by atoms with Crippen LogP contribution in [0.1, 0.15) is 54.0 Å². The number of carboxylic acid groups (broad SMARTS) is 1. The zero-order valence-corrected chi connectivity index (χ0v) is 12.2. The van der Waals surface area contributed by atoms with Crippen LogP contribution in [0.2, 0.25) is 0 Å². The molecular weight excluding hydrogens is 248 g/mol. The molecule has 4 nitrogen and oxygen atoms in total. The normalized spacial score (nSPS) is 11.1. The van der Waals surface area contributed by atoms with Gasteiger partial charge in [0.1, 0.15) is 9.88 Å². The van der Waals surface area contributed by atoms with E-state index < -0.39 is 5.97 Å². The van der Waals surface area contributed by atoms with Crippen LogP contribution in [0.4, 0.5) is 0 Å². The molecule has 0 amide bonds. The molecule has 1 N–H and O–H groups in total. The predicted molar refractivity (Wildman–Crippen MR) is 74.3 cm³/mol. The molecule has 0 radical (unpaired) electrons. The minimum Gasteiger partial charge on any atom is -0.477 e. The van der Waals surface area contributed by atoms with E-state index in [4.69, 9.17) is 5.11 Å². The number of thiazole rings is 1. The third-order valence-corrected chi connectivity index (χ3v) is 3.98. The third-order valence-electron chi connectivity index (χ3n) is 2.90. The molecule has 5 heteroatoms. The van der Waals surface area contributed by atoms with Crippen molar-refractivity contribution in [3.63, 3.8) is 0 Å². The fourth-order valence-electron chi connectivity index (χ4n) is 1.80. The van der Waals surface area contributed by atoms with E-state index in [1.807, 2.05) is 6.92 Å². The summed E-state index contributed by atoms with van der Waals surface area (Å²) in [5.41, 5.74) is 0.717. The lowest BCUT2D eigenvalue weighted by molar-refractivity contribution is 0.0701. The number of nitrogens with zero attached hydrogens (tertiary/aromatic N) is 2. The Morgan fingerprint density at radius 3 is 2.56 bits per heavy atom. The summed E-state index contributed by atoms with van der Waals surface area (Å²) in [7, 11) is 0. The number of hydrogen-bond donors (Lipinski definition) is 1. The van der Waals surface area contributed by atoms with Gasteiger partial charge in [-0.3, -0.25) is 4.90 Å². The highest BCUT2D eigenvalue weighted by Gasteiger charge is 2.16. The van der Waals surface area contributed by atoms with E-state index in [0.717, 1.165) is 24.6 Å². The molecule has 1 heterocycles. The fraction of sp³-hybridized carbons (Fsp3) is 0.692. The summed E-state index contributed by atoms with van der Waals surface area (Å²) in [6.07, 6.45) is 3.03. The quantitative estimate of drug-likeness (QED) is 0.789. The lowest BCUT2D eigenvalue weighted by Crippen LogP contribution is -2.23. The summed E-state index contributed by atoms with van der Waals surface area (Å²) >= 11 is 1.32. The Kier molecular flexibility index (Phi) is 6.29. The molecule has 0 aliphatic rings. The minimum absolute atomic E-state index is 0.402. The molecular formula is C13H22N2O2S. The molecule has 0 fully saturated rings. The van der Waals surface area contributed by atoms with Crippen LogP contribution < -0.4 is 0 Å². The number of carboxylic acids is 1. The van der Waals surface area contributed by atoms with Crippen molar-refractivity contribution in [2.45, 2.75) is 46.6 Å². The van der Waals surface area contributed by atoms with Gasteiger partial charge in [-0.1, -0.05) is 27.2 Å². The second-order valence-corrected chi connectivity index (χ2v) is 5.35. The van der Waals surface area contributed by atoms with Gasteiger partial charge in [0.25, 0.3) is 0 Å². The molecule has 1 rings (SSSR count). The first-order valence-corrected chi connectivity index (χ1v) is 7.38. The van der Waals surface area contributed by atoms with Crippen LogP contribution in [-0.4, -0.2) is 34.0 Å². The summed E-state index contributed by atoms with van der Waals surface area (Å²) in [6.45, 7) is 9.04. The summed E-state index contributed by atoms with van der Waals surface area (Å²) in [5.74, 6) is -0.854. The number of aryl methyl sites for hydroxylation is 1. The highest BCUT2D eigenvalue weighted by atomic mass is 32.1. The summed E-state index contributed by atoms with van der Waals surface area (Å²) in [5, 5.41) is 10.0. The van der Waals surface area contributed by atoms with Gasteiger partial charge in [0.05, 0.1) is 12.2 Å². The fourth-order valence-corrected chi connectivity index (χ4v) is 2.83. The van der Waals surface area contributed by atoms with Crippen molar-refractivity contribution in [2.75, 3.05) is 13.1 Å². The van der Waals surface area contributed by atoms with Crippen molar-refractivity contribution in [1.82, 2.24) is 9.88 Å². The van der Waals surface area contributed by atoms with Crippen LogP contribution in [0.3, 0.4) is 0 Å². The lowest BCUT2D eigenvalue weighted by atomic mass is 10.3. The van der Waals surface area contributed by atoms with Crippen LogP contribution in [0.5, 0.6) is 0 Å². The van der Waals surface area contributed by atoms with E-state index in [0.29, 0.717) is 17.0 Å². The van der Waals surface area contributed by atoms with Gasteiger partial charge in [0, 0.05) is 0 Å². The van der Waals surface area contributed by atoms with Crippen molar-refractivity contribution < 1.29 is 9.90 Å². The van der Waals surface area contributed by atoms with E-state index in [2.05, 4.69) is 23.7 Å². The second-order valence-electron chi connectivity index (χ2n) is 4.26. The molecule has 1 aromatic heterocycles. The first-order valence-electron chi connectivity index (χ1n) is 6.56. The van der Waals surface area contributed by atoms with Crippen molar-refractivity contribution in [1.29, 1.82) is 0 Å². The molecule has 102 valence electrons. The van der Waals surface area contributed by atoms with Crippen LogP contribution >= 0.6 is 11.3 Å². The maximum absolute atomic E-state index is 11.1. The summed E-state index contributed by atoms with van der Waals surface area (Å²) in [6, 6.07) is 0. The highest BCUT2D eigenvalue weighted by molar-refractivity contribution is 7.13. The Labute approximate surface area is 113 Å². The molecule has 0 atom stereocenters. The molecule has 0 unspecified atom stereocenters. The molecule has 1 aromatic rings. The van der Waals surface area contributed by atoms with Gasteiger partial charge in [-0.2, -0.15) is 0 Å². The van der Waals surface area contributed by atoms with Crippen molar-refractivity contribution in [3.05, 3.63) is 15.6 Å². The standard InChI is InChI=1S/C13H22N2O2S/c1-4-7-8-15(6-3)9-11-14-10(5-2)12(18-11)13(16)17/h4-9H2,1-3H3,(H,16,17). The number of hydrogen-bond acceptors (Lipinski definition) is 4. The monoisotopic (exact) mass is 270 g/mol. The number of aromatic carboxylic acids is 1. The summed E-state index contributed by atoms with van der Waals surface area (Å²) < 4.78 is 0. The van der Waals surface area contributed by atoms with Gasteiger partial charge in [0.2, 0.25) is 0 Å². The lowest BCUT2D eigenvalue weighted by Gasteiger charge is -2.18. The first-order chi connectivity index (χ1) is 8.62. The van der Waals surface area contributed by atoms with Gasteiger partial charge >= 0.3 is 5.97 Å². The number of unbranched alkanes of at least 4 members (excludes halogenated alkanes) is 1. The molecule has 0 aliphatic heterocycles. The maximum atomic E-state index is 11.1. The zero-order chi connectivity index (χ0) is 13.5. The zero-order valence-electron chi connectivity index (χ0n) is 11.4. The van der Waals surface area contributed by atoms with E-state index in [1.54, 1.807) is 0 Å². The Balaban J connectivity index is 2.74. The van der Waals surface area contributed by atoms with Crippen molar-refractivity contribution in [2.24, 2.45) is 0 Å². The summed E-state index contributed by atoms with van der Waals surface area (Å²) in [4.78, 5) is 18.2. The SMILES string of the molecule is CCCCN(CC)Cc1nc(CC)c(C(=O)O)s1. The van der Waals surface area contributed by atoms with E-state index in [1.165, 1.54) is 24.2 Å². The average molecular weight is 270 g/mol. The largest absolute Gasteiger partial charge is 0.477 e. The Bertz CT molecular complexity index is 390. The van der Waals surface area contributed by atoms with Crippen LogP contribution in [-0.2, 0) is 13.0 Å². The molecule has 18 heavy (non-hydrogen) atoms. The molecule has 0 aromatic carbocycles. The van der Waals surface area contributed by atoms with Gasteiger partial charge in [0.15, 0.2) is 0 Å². The smallest absolute Gasteiger partial charge is 0.347 e. The van der Waals surface area contributed by atoms with Gasteiger partial charge < -0.3 is 5.11 Å². The van der Waals surface area contributed by atoms with E-state index >= 15 is 0 Å². The Morgan fingerprint density at radius 2 is 2.11 bits per heavy atom.